The van der Waals surface area contributed by atoms with Gasteiger partial charge < -0.3 is 9.73 Å². The molecule has 1 aromatic heterocycles. The van der Waals surface area contributed by atoms with Crippen molar-refractivity contribution < 1.29 is 22.4 Å². The minimum Gasteiger partial charge on any atom is -0.459 e. The number of carbonyl (C=O) groups is 2. The highest BCUT2D eigenvalue weighted by Gasteiger charge is 2.26. The zero-order chi connectivity index (χ0) is 26.3. The SMILES string of the molecule is O=C(N/N=C/c1ccc(CN(Cc2ccccc2)S(=O)(=O)c2ccc(Cl)cc2)o1)C(=O)NC1CCCC1. The second-order valence-corrected chi connectivity index (χ2v) is 11.0. The van der Waals surface area contributed by atoms with Gasteiger partial charge in [-0.1, -0.05) is 54.8 Å². The van der Waals surface area contributed by atoms with Gasteiger partial charge in [-0.2, -0.15) is 9.41 Å². The largest absolute Gasteiger partial charge is 0.459 e. The maximum Gasteiger partial charge on any atom is 0.329 e. The van der Waals surface area contributed by atoms with Gasteiger partial charge in [-0.05, 0) is 54.8 Å². The molecule has 3 aromatic rings. The highest BCUT2D eigenvalue weighted by molar-refractivity contribution is 7.89. The van der Waals surface area contributed by atoms with Gasteiger partial charge in [-0.25, -0.2) is 13.8 Å². The maximum absolute atomic E-state index is 13.4. The lowest BCUT2D eigenvalue weighted by molar-refractivity contribution is -0.139. The predicted molar refractivity (Wildman–Crippen MR) is 139 cm³/mol. The van der Waals surface area contributed by atoms with Crippen molar-refractivity contribution >= 4 is 39.7 Å². The number of halogens is 1. The zero-order valence-corrected chi connectivity index (χ0v) is 21.5. The molecule has 1 heterocycles. The summed E-state index contributed by atoms with van der Waals surface area (Å²) < 4.78 is 33.9. The fourth-order valence-corrected chi connectivity index (χ4v) is 5.54. The van der Waals surface area contributed by atoms with Gasteiger partial charge in [0.15, 0.2) is 0 Å². The van der Waals surface area contributed by atoms with E-state index in [2.05, 4.69) is 15.8 Å². The van der Waals surface area contributed by atoms with Gasteiger partial charge in [0.25, 0.3) is 0 Å². The number of amides is 2. The lowest BCUT2D eigenvalue weighted by atomic mass is 10.2. The van der Waals surface area contributed by atoms with Gasteiger partial charge in [-0.15, -0.1) is 0 Å². The topological polar surface area (TPSA) is 121 Å². The molecule has 1 fully saturated rings. The van der Waals surface area contributed by atoms with Crippen LogP contribution in [-0.4, -0.2) is 36.8 Å². The van der Waals surface area contributed by atoms with E-state index < -0.39 is 21.8 Å². The first kappa shape index (κ1) is 26.6. The van der Waals surface area contributed by atoms with Crippen LogP contribution in [-0.2, 0) is 32.7 Å². The summed E-state index contributed by atoms with van der Waals surface area (Å²) in [7, 11) is -3.87. The molecule has 1 saturated carbocycles. The molecule has 0 spiro atoms. The summed E-state index contributed by atoms with van der Waals surface area (Å²) >= 11 is 5.94. The number of hydrogen-bond donors (Lipinski definition) is 2. The molecule has 37 heavy (non-hydrogen) atoms. The van der Waals surface area contributed by atoms with Gasteiger partial charge in [0, 0.05) is 17.6 Å². The molecule has 1 aliphatic carbocycles. The van der Waals surface area contributed by atoms with Crippen LogP contribution in [0.15, 0.2) is 81.1 Å². The number of sulfonamides is 1. The van der Waals surface area contributed by atoms with Crippen molar-refractivity contribution in [1.82, 2.24) is 15.0 Å². The van der Waals surface area contributed by atoms with Crippen LogP contribution >= 0.6 is 11.6 Å². The van der Waals surface area contributed by atoms with Crippen molar-refractivity contribution in [3.63, 3.8) is 0 Å². The van der Waals surface area contributed by atoms with Crippen molar-refractivity contribution in [1.29, 1.82) is 0 Å². The Morgan fingerprint density at radius 3 is 2.38 bits per heavy atom. The van der Waals surface area contributed by atoms with Gasteiger partial charge in [-0.3, -0.25) is 9.59 Å². The highest BCUT2D eigenvalue weighted by atomic mass is 35.5. The third kappa shape index (κ3) is 7.28. The Labute approximate surface area is 220 Å². The number of furan rings is 1. The number of nitrogens with one attached hydrogen (secondary N) is 2. The van der Waals surface area contributed by atoms with E-state index in [4.69, 9.17) is 16.0 Å². The molecule has 11 heteroatoms. The standard InChI is InChI=1S/C26H27ClN4O5S/c27-20-10-14-24(15-11-20)37(34,35)31(17-19-6-2-1-3-7-19)18-23-13-12-22(36-23)16-28-30-26(33)25(32)29-21-8-4-5-9-21/h1-3,6-7,10-16,21H,4-5,8-9,17-18H2,(H,29,32)(H,30,33)/b28-16+. The van der Waals surface area contributed by atoms with Crippen molar-refractivity contribution in [3.8, 4) is 0 Å². The van der Waals surface area contributed by atoms with E-state index in [1.165, 1.54) is 34.8 Å². The second-order valence-electron chi connectivity index (χ2n) is 8.67. The van der Waals surface area contributed by atoms with Crippen molar-refractivity contribution in [3.05, 3.63) is 88.8 Å². The van der Waals surface area contributed by atoms with E-state index in [-0.39, 0.29) is 29.8 Å². The summed E-state index contributed by atoms with van der Waals surface area (Å²) in [5, 5.41) is 6.90. The Morgan fingerprint density at radius 1 is 0.973 bits per heavy atom. The first-order valence-electron chi connectivity index (χ1n) is 11.8. The van der Waals surface area contributed by atoms with Crippen LogP contribution in [0, 0.1) is 0 Å². The van der Waals surface area contributed by atoms with Crippen LogP contribution in [0.1, 0.15) is 42.8 Å². The van der Waals surface area contributed by atoms with Crippen LogP contribution in [0.2, 0.25) is 5.02 Å². The third-order valence-corrected chi connectivity index (χ3v) is 7.98. The van der Waals surface area contributed by atoms with Crippen molar-refractivity contribution in [2.45, 2.75) is 49.7 Å². The van der Waals surface area contributed by atoms with Crippen molar-refractivity contribution in [2.24, 2.45) is 5.10 Å². The monoisotopic (exact) mass is 542 g/mol. The van der Waals surface area contributed by atoms with E-state index in [9.17, 15) is 18.0 Å². The highest BCUT2D eigenvalue weighted by Crippen LogP contribution is 2.23. The van der Waals surface area contributed by atoms with E-state index in [0.717, 1.165) is 31.2 Å². The summed E-state index contributed by atoms with van der Waals surface area (Å²) in [4.78, 5) is 24.0. The summed E-state index contributed by atoms with van der Waals surface area (Å²) in [6.07, 6.45) is 5.06. The molecule has 0 radical (unpaired) electrons. The first-order chi connectivity index (χ1) is 17.8. The molecular weight excluding hydrogens is 516 g/mol. The summed E-state index contributed by atoms with van der Waals surface area (Å²) in [6.45, 7) is 0.0892. The normalized spacial score (nSPS) is 14.3. The van der Waals surface area contributed by atoms with Gasteiger partial charge in [0.2, 0.25) is 10.0 Å². The first-order valence-corrected chi connectivity index (χ1v) is 13.7. The molecule has 4 rings (SSSR count). The minimum atomic E-state index is -3.87. The van der Waals surface area contributed by atoms with Gasteiger partial charge >= 0.3 is 11.8 Å². The molecule has 0 bridgehead atoms. The Hall–Kier alpha value is -3.47. The number of hydrazone groups is 1. The molecule has 0 atom stereocenters. The van der Waals surface area contributed by atoms with E-state index in [1.807, 2.05) is 30.3 Å². The van der Waals surface area contributed by atoms with E-state index in [0.29, 0.717) is 10.8 Å². The average Bonchev–Trinajstić information content (AvgIpc) is 3.56. The van der Waals surface area contributed by atoms with Gasteiger partial charge in [0.1, 0.15) is 11.5 Å². The quantitative estimate of drug-likeness (QED) is 0.242. The molecule has 0 unspecified atom stereocenters. The minimum absolute atomic E-state index is 0.0258. The molecule has 2 aromatic carbocycles. The Kier molecular flexibility index (Phi) is 8.75. The summed E-state index contributed by atoms with van der Waals surface area (Å²) in [5.74, 6) is -0.929. The Bertz CT molecular complexity index is 1350. The molecule has 2 N–H and O–H groups in total. The summed E-state index contributed by atoms with van der Waals surface area (Å²) in [5.41, 5.74) is 2.99. The molecule has 9 nitrogen and oxygen atoms in total. The zero-order valence-electron chi connectivity index (χ0n) is 20.0. The number of rotatable bonds is 9. The van der Waals surface area contributed by atoms with Crippen LogP contribution in [0.5, 0.6) is 0 Å². The molecular formula is C26H27ClN4O5S. The Balaban J connectivity index is 1.43. The van der Waals surface area contributed by atoms with Gasteiger partial charge in [0.05, 0.1) is 17.7 Å². The fourth-order valence-electron chi connectivity index (χ4n) is 4.02. The van der Waals surface area contributed by atoms with Crippen LogP contribution in [0.25, 0.3) is 0 Å². The van der Waals surface area contributed by atoms with Crippen LogP contribution < -0.4 is 10.7 Å². The average molecular weight is 543 g/mol. The molecule has 1 aliphatic rings. The lowest BCUT2D eigenvalue weighted by Crippen LogP contribution is -2.42. The number of carbonyl (C=O) groups excluding carboxylic acids is 2. The maximum atomic E-state index is 13.4. The predicted octanol–water partition coefficient (Wildman–Crippen LogP) is 3.83. The lowest BCUT2D eigenvalue weighted by Gasteiger charge is -2.21. The second kappa shape index (κ2) is 12.2. The number of hydrogen-bond acceptors (Lipinski definition) is 6. The molecule has 0 saturated heterocycles. The smallest absolute Gasteiger partial charge is 0.329 e. The summed E-state index contributed by atoms with van der Waals surface area (Å²) in [6, 6.07) is 18.4. The molecule has 0 aliphatic heterocycles. The third-order valence-electron chi connectivity index (χ3n) is 5.92. The van der Waals surface area contributed by atoms with Crippen molar-refractivity contribution in [2.75, 3.05) is 0 Å². The fraction of sp³-hybridized carbons (Fsp3) is 0.269. The van der Waals surface area contributed by atoms with E-state index >= 15 is 0 Å². The van der Waals surface area contributed by atoms with Crippen LogP contribution in [0.3, 0.4) is 0 Å². The Morgan fingerprint density at radius 2 is 1.68 bits per heavy atom. The number of nitrogens with zero attached hydrogens (tertiary/aromatic N) is 2. The molecule has 2 amide bonds. The molecule has 194 valence electrons. The number of benzene rings is 2. The van der Waals surface area contributed by atoms with Crippen LogP contribution in [0.4, 0.5) is 0 Å². The van der Waals surface area contributed by atoms with E-state index in [1.54, 1.807) is 12.1 Å².